The minimum Gasteiger partial charge on any atom is -0.326 e. The van der Waals surface area contributed by atoms with E-state index in [4.69, 9.17) is 11.6 Å². The fourth-order valence-electron chi connectivity index (χ4n) is 1.26. The third-order valence-electron chi connectivity index (χ3n) is 2.20. The first-order valence-corrected chi connectivity index (χ1v) is 5.49. The molecular weight excluding hydrogens is 248 g/mol. The molecule has 1 aromatic rings. The van der Waals surface area contributed by atoms with Crippen molar-refractivity contribution < 1.29 is 13.6 Å². The molecule has 0 fully saturated rings. The van der Waals surface area contributed by atoms with Crippen LogP contribution in [0.5, 0.6) is 0 Å². The molecule has 0 unspecified atom stereocenters. The van der Waals surface area contributed by atoms with Gasteiger partial charge in [0.25, 0.3) is 6.08 Å². The normalized spacial score (nSPS) is 9.88. The standard InChI is InChI=1S/C12H12ClF2NO/c1-2-8(12(14)15)7-11(17)16-10-5-3-9(13)4-6-10/h3-6H,2,7H2,1H3,(H,16,17). The summed E-state index contributed by atoms with van der Waals surface area (Å²) in [6.07, 6.45) is -1.91. The molecule has 5 heteroatoms. The summed E-state index contributed by atoms with van der Waals surface area (Å²) in [5, 5.41) is 3.07. The Balaban J connectivity index is 2.61. The summed E-state index contributed by atoms with van der Waals surface area (Å²) >= 11 is 5.68. The molecule has 0 aliphatic carbocycles. The molecule has 0 aliphatic heterocycles. The minimum atomic E-state index is -1.78. The first-order chi connectivity index (χ1) is 8.02. The smallest absolute Gasteiger partial charge is 0.270 e. The van der Waals surface area contributed by atoms with Crippen LogP contribution in [0, 0.1) is 0 Å². The van der Waals surface area contributed by atoms with Gasteiger partial charge in [-0.1, -0.05) is 18.5 Å². The number of hydrogen-bond donors (Lipinski definition) is 1. The highest BCUT2D eigenvalue weighted by atomic mass is 35.5. The van der Waals surface area contributed by atoms with Gasteiger partial charge in [-0.25, -0.2) is 0 Å². The zero-order valence-electron chi connectivity index (χ0n) is 9.27. The maximum atomic E-state index is 12.3. The van der Waals surface area contributed by atoms with Gasteiger partial charge in [0.1, 0.15) is 0 Å². The van der Waals surface area contributed by atoms with Crippen molar-refractivity contribution in [2.45, 2.75) is 19.8 Å². The van der Waals surface area contributed by atoms with Gasteiger partial charge in [-0.2, -0.15) is 8.78 Å². The van der Waals surface area contributed by atoms with E-state index < -0.39 is 12.0 Å². The van der Waals surface area contributed by atoms with Gasteiger partial charge in [0.05, 0.1) is 6.42 Å². The van der Waals surface area contributed by atoms with Crippen LogP contribution in [0.3, 0.4) is 0 Å². The van der Waals surface area contributed by atoms with Crippen LogP contribution in [0.25, 0.3) is 0 Å². The molecule has 1 N–H and O–H groups in total. The Morgan fingerprint density at radius 1 is 1.29 bits per heavy atom. The van der Waals surface area contributed by atoms with Gasteiger partial charge < -0.3 is 5.32 Å². The molecule has 92 valence electrons. The molecule has 0 spiro atoms. The third-order valence-corrected chi connectivity index (χ3v) is 2.45. The number of rotatable bonds is 4. The van der Waals surface area contributed by atoms with Crippen molar-refractivity contribution >= 4 is 23.2 Å². The molecule has 0 saturated carbocycles. The van der Waals surface area contributed by atoms with Gasteiger partial charge in [0, 0.05) is 16.3 Å². The Labute approximate surface area is 103 Å². The maximum absolute atomic E-state index is 12.3. The molecule has 1 aromatic carbocycles. The third kappa shape index (κ3) is 4.53. The van der Waals surface area contributed by atoms with Crippen molar-refractivity contribution in [3.63, 3.8) is 0 Å². The van der Waals surface area contributed by atoms with E-state index in [1.807, 2.05) is 0 Å². The minimum absolute atomic E-state index is 0.142. The summed E-state index contributed by atoms with van der Waals surface area (Å²) in [5.41, 5.74) is 0.394. The number of hydrogen-bond acceptors (Lipinski definition) is 1. The summed E-state index contributed by atoms with van der Waals surface area (Å²) < 4.78 is 24.7. The van der Waals surface area contributed by atoms with Gasteiger partial charge in [0.2, 0.25) is 5.91 Å². The highest BCUT2D eigenvalue weighted by molar-refractivity contribution is 6.30. The van der Waals surface area contributed by atoms with Crippen molar-refractivity contribution in [1.29, 1.82) is 0 Å². The topological polar surface area (TPSA) is 29.1 Å². The van der Waals surface area contributed by atoms with Crippen LogP contribution in [0.15, 0.2) is 35.9 Å². The fourth-order valence-corrected chi connectivity index (χ4v) is 1.38. The molecule has 2 nitrogen and oxygen atoms in total. The number of carbonyl (C=O) groups excluding carboxylic acids is 1. The predicted molar refractivity (Wildman–Crippen MR) is 64.2 cm³/mol. The quantitative estimate of drug-likeness (QED) is 0.861. The molecular formula is C12H12ClF2NO. The summed E-state index contributed by atoms with van der Waals surface area (Å²) in [5.74, 6) is -0.461. The van der Waals surface area contributed by atoms with Gasteiger partial charge >= 0.3 is 0 Å². The van der Waals surface area contributed by atoms with Crippen LogP contribution < -0.4 is 5.32 Å². The highest BCUT2D eigenvalue weighted by Crippen LogP contribution is 2.18. The van der Waals surface area contributed by atoms with E-state index in [0.717, 1.165) is 0 Å². The molecule has 0 aromatic heterocycles. The van der Waals surface area contributed by atoms with Crippen LogP contribution in [0.4, 0.5) is 14.5 Å². The van der Waals surface area contributed by atoms with Crippen molar-refractivity contribution in [2.75, 3.05) is 5.32 Å². The Kier molecular flexibility index (Phi) is 5.10. The summed E-state index contributed by atoms with van der Waals surface area (Å²) in [6, 6.07) is 6.45. The van der Waals surface area contributed by atoms with Crippen molar-refractivity contribution in [1.82, 2.24) is 0 Å². The van der Waals surface area contributed by atoms with Gasteiger partial charge in [-0.15, -0.1) is 0 Å². The van der Waals surface area contributed by atoms with Crippen LogP contribution >= 0.6 is 11.6 Å². The molecule has 1 rings (SSSR count). The molecule has 0 aliphatic rings. The summed E-state index contributed by atoms with van der Waals surface area (Å²) in [4.78, 5) is 11.5. The first-order valence-electron chi connectivity index (χ1n) is 5.11. The molecule has 0 radical (unpaired) electrons. The molecule has 1 amide bonds. The number of halogens is 3. The van der Waals surface area contributed by atoms with E-state index in [-0.39, 0.29) is 18.4 Å². The SMILES string of the molecule is CCC(CC(=O)Nc1ccc(Cl)cc1)=C(F)F. The second-order valence-corrected chi connectivity index (χ2v) is 3.89. The maximum Gasteiger partial charge on any atom is 0.270 e. The first kappa shape index (κ1) is 13.6. The largest absolute Gasteiger partial charge is 0.326 e. The van der Waals surface area contributed by atoms with Gasteiger partial charge in [0.15, 0.2) is 0 Å². The molecule has 0 atom stereocenters. The Morgan fingerprint density at radius 3 is 2.35 bits per heavy atom. The average Bonchev–Trinajstić information content (AvgIpc) is 2.28. The molecule has 0 heterocycles. The number of nitrogens with one attached hydrogen (secondary N) is 1. The molecule has 0 saturated heterocycles. The van der Waals surface area contributed by atoms with E-state index in [2.05, 4.69) is 5.32 Å². The van der Waals surface area contributed by atoms with Crippen molar-refractivity contribution in [3.05, 3.63) is 40.9 Å². The van der Waals surface area contributed by atoms with Crippen LogP contribution in [0.1, 0.15) is 19.8 Å². The van der Waals surface area contributed by atoms with E-state index in [9.17, 15) is 13.6 Å². The fraction of sp³-hybridized carbons (Fsp3) is 0.250. The van der Waals surface area contributed by atoms with Crippen LogP contribution in [-0.2, 0) is 4.79 Å². The number of benzene rings is 1. The summed E-state index contributed by atoms with van der Waals surface area (Å²) in [6.45, 7) is 1.59. The lowest BCUT2D eigenvalue weighted by molar-refractivity contribution is -0.115. The molecule has 0 bridgehead atoms. The Hall–Kier alpha value is -1.42. The zero-order valence-corrected chi connectivity index (χ0v) is 10.0. The molecule has 17 heavy (non-hydrogen) atoms. The monoisotopic (exact) mass is 259 g/mol. The van der Waals surface area contributed by atoms with Gasteiger partial charge in [-0.3, -0.25) is 4.79 Å². The lowest BCUT2D eigenvalue weighted by Gasteiger charge is -2.06. The average molecular weight is 260 g/mol. The Bertz CT molecular complexity index is 425. The Morgan fingerprint density at radius 2 is 1.88 bits per heavy atom. The van der Waals surface area contributed by atoms with E-state index in [1.54, 1.807) is 31.2 Å². The van der Waals surface area contributed by atoms with Gasteiger partial charge in [-0.05, 0) is 30.7 Å². The lowest BCUT2D eigenvalue weighted by atomic mass is 10.1. The van der Waals surface area contributed by atoms with Crippen molar-refractivity contribution in [2.24, 2.45) is 0 Å². The van der Waals surface area contributed by atoms with Crippen LogP contribution in [-0.4, -0.2) is 5.91 Å². The van der Waals surface area contributed by atoms with Crippen LogP contribution in [0.2, 0.25) is 5.02 Å². The van der Waals surface area contributed by atoms with E-state index >= 15 is 0 Å². The number of carbonyl (C=O) groups is 1. The summed E-state index contributed by atoms with van der Waals surface area (Å²) in [7, 11) is 0. The highest BCUT2D eigenvalue weighted by Gasteiger charge is 2.10. The number of amides is 1. The zero-order chi connectivity index (χ0) is 12.8. The number of anilines is 1. The predicted octanol–water partition coefficient (Wildman–Crippen LogP) is 4.23. The van der Waals surface area contributed by atoms with E-state index in [1.165, 1.54) is 0 Å². The second kappa shape index (κ2) is 6.35. The second-order valence-electron chi connectivity index (χ2n) is 3.45. The lowest BCUT2D eigenvalue weighted by Crippen LogP contribution is -2.12. The van der Waals surface area contributed by atoms with E-state index in [0.29, 0.717) is 10.7 Å². The van der Waals surface area contributed by atoms with Crippen molar-refractivity contribution in [3.8, 4) is 0 Å².